The summed E-state index contributed by atoms with van der Waals surface area (Å²) in [5.74, 6) is -0.289. The van der Waals surface area contributed by atoms with Crippen LogP contribution in [0.25, 0.3) is 0 Å². The molecule has 1 amide bonds. The first kappa shape index (κ1) is 13.4. The average Bonchev–Trinajstić information content (AvgIpc) is 2.43. The van der Waals surface area contributed by atoms with Crippen LogP contribution in [0.3, 0.4) is 0 Å². The SMILES string of the molecule is CCc1ccc(C(=O)Nc2cc(Cl)ccc2O)cc1. The van der Waals surface area contributed by atoms with Gasteiger partial charge >= 0.3 is 0 Å². The number of carbonyl (C=O) groups is 1. The molecule has 0 radical (unpaired) electrons. The van der Waals surface area contributed by atoms with Gasteiger partial charge in [-0.25, -0.2) is 0 Å². The van der Waals surface area contributed by atoms with Crippen molar-refractivity contribution in [3.05, 3.63) is 58.6 Å². The Kier molecular flexibility index (Phi) is 4.07. The molecule has 2 rings (SSSR count). The number of anilines is 1. The quantitative estimate of drug-likeness (QED) is 0.836. The molecule has 2 aromatic rings. The molecule has 0 aliphatic rings. The fraction of sp³-hybridized carbons (Fsp3) is 0.133. The molecule has 3 nitrogen and oxygen atoms in total. The summed E-state index contributed by atoms with van der Waals surface area (Å²) in [5, 5.41) is 12.7. The molecule has 0 aliphatic carbocycles. The number of phenols is 1. The predicted molar refractivity (Wildman–Crippen MR) is 76.9 cm³/mol. The number of carbonyl (C=O) groups excluding carboxylic acids is 1. The fourth-order valence-corrected chi connectivity index (χ4v) is 1.87. The zero-order valence-electron chi connectivity index (χ0n) is 10.5. The van der Waals surface area contributed by atoms with E-state index in [2.05, 4.69) is 12.2 Å². The third kappa shape index (κ3) is 3.26. The van der Waals surface area contributed by atoms with Crippen LogP contribution in [0.15, 0.2) is 42.5 Å². The van der Waals surface area contributed by atoms with Crippen LogP contribution < -0.4 is 5.32 Å². The van der Waals surface area contributed by atoms with Crippen molar-refractivity contribution in [2.75, 3.05) is 5.32 Å². The Morgan fingerprint density at radius 1 is 1.21 bits per heavy atom. The monoisotopic (exact) mass is 275 g/mol. The molecule has 0 spiro atoms. The summed E-state index contributed by atoms with van der Waals surface area (Å²) in [6.45, 7) is 2.05. The van der Waals surface area contributed by atoms with Gasteiger partial charge in [-0.15, -0.1) is 0 Å². The van der Waals surface area contributed by atoms with E-state index >= 15 is 0 Å². The van der Waals surface area contributed by atoms with Gasteiger partial charge in [0.25, 0.3) is 5.91 Å². The molecule has 0 heterocycles. The number of amides is 1. The highest BCUT2D eigenvalue weighted by atomic mass is 35.5. The summed E-state index contributed by atoms with van der Waals surface area (Å²) in [4.78, 5) is 12.0. The number of hydrogen-bond donors (Lipinski definition) is 2. The Morgan fingerprint density at radius 2 is 1.89 bits per heavy atom. The standard InChI is InChI=1S/C15H14ClNO2/c1-2-10-3-5-11(6-4-10)15(19)17-13-9-12(16)7-8-14(13)18/h3-9,18H,2H2,1H3,(H,17,19). The normalized spacial score (nSPS) is 10.2. The Balaban J connectivity index is 2.18. The van der Waals surface area contributed by atoms with Crippen molar-refractivity contribution in [3.63, 3.8) is 0 Å². The molecule has 19 heavy (non-hydrogen) atoms. The van der Waals surface area contributed by atoms with Gasteiger partial charge < -0.3 is 10.4 Å². The van der Waals surface area contributed by atoms with E-state index in [-0.39, 0.29) is 11.7 Å². The lowest BCUT2D eigenvalue weighted by Crippen LogP contribution is -2.11. The molecular formula is C15H14ClNO2. The Hall–Kier alpha value is -2.00. The predicted octanol–water partition coefficient (Wildman–Crippen LogP) is 3.86. The smallest absolute Gasteiger partial charge is 0.255 e. The van der Waals surface area contributed by atoms with Crippen LogP contribution in [0.4, 0.5) is 5.69 Å². The minimum absolute atomic E-state index is 0.0112. The van der Waals surface area contributed by atoms with Gasteiger partial charge in [-0.1, -0.05) is 30.7 Å². The number of nitrogens with one attached hydrogen (secondary N) is 1. The molecule has 0 fully saturated rings. The van der Waals surface area contributed by atoms with Crippen LogP contribution in [-0.4, -0.2) is 11.0 Å². The molecule has 2 aromatic carbocycles. The van der Waals surface area contributed by atoms with E-state index in [4.69, 9.17) is 11.6 Å². The summed E-state index contributed by atoms with van der Waals surface area (Å²) in [6.07, 6.45) is 0.928. The van der Waals surface area contributed by atoms with Crippen LogP contribution in [0.2, 0.25) is 5.02 Å². The van der Waals surface area contributed by atoms with Crippen molar-refractivity contribution in [2.45, 2.75) is 13.3 Å². The molecule has 0 aliphatic heterocycles. The molecule has 0 unspecified atom stereocenters. The van der Waals surface area contributed by atoms with Gasteiger partial charge in [0.1, 0.15) is 5.75 Å². The van der Waals surface area contributed by atoms with Gasteiger partial charge in [0, 0.05) is 10.6 Å². The summed E-state index contributed by atoms with van der Waals surface area (Å²) in [5.41, 5.74) is 2.01. The molecule has 98 valence electrons. The first-order valence-electron chi connectivity index (χ1n) is 5.99. The maximum atomic E-state index is 12.0. The van der Waals surface area contributed by atoms with Crippen molar-refractivity contribution in [1.29, 1.82) is 0 Å². The second kappa shape index (κ2) is 5.76. The summed E-state index contributed by atoms with van der Waals surface area (Å²) < 4.78 is 0. The minimum Gasteiger partial charge on any atom is -0.506 e. The summed E-state index contributed by atoms with van der Waals surface area (Å²) >= 11 is 5.82. The van der Waals surface area contributed by atoms with Crippen LogP contribution in [0, 0.1) is 0 Å². The highest BCUT2D eigenvalue weighted by Gasteiger charge is 2.09. The fourth-order valence-electron chi connectivity index (χ4n) is 1.69. The summed E-state index contributed by atoms with van der Waals surface area (Å²) in [7, 11) is 0. The highest BCUT2D eigenvalue weighted by Crippen LogP contribution is 2.26. The van der Waals surface area contributed by atoms with E-state index in [0.29, 0.717) is 16.3 Å². The van der Waals surface area contributed by atoms with Crippen LogP contribution in [-0.2, 0) is 6.42 Å². The van der Waals surface area contributed by atoms with Crippen molar-refractivity contribution < 1.29 is 9.90 Å². The van der Waals surface area contributed by atoms with Gasteiger partial charge in [0.2, 0.25) is 0 Å². The molecule has 4 heteroatoms. The number of aryl methyl sites for hydroxylation is 1. The first-order valence-corrected chi connectivity index (χ1v) is 6.36. The minimum atomic E-state index is -0.278. The third-order valence-corrected chi connectivity index (χ3v) is 3.07. The second-order valence-corrected chi connectivity index (χ2v) is 4.60. The van der Waals surface area contributed by atoms with Crippen molar-refractivity contribution in [2.24, 2.45) is 0 Å². The topological polar surface area (TPSA) is 49.3 Å². The Bertz CT molecular complexity index is 594. The van der Waals surface area contributed by atoms with Gasteiger partial charge in [-0.2, -0.15) is 0 Å². The van der Waals surface area contributed by atoms with Crippen LogP contribution >= 0.6 is 11.6 Å². The molecule has 0 aromatic heterocycles. The lowest BCUT2D eigenvalue weighted by Gasteiger charge is -2.08. The maximum Gasteiger partial charge on any atom is 0.255 e. The van der Waals surface area contributed by atoms with Gasteiger partial charge in [0.15, 0.2) is 0 Å². The highest BCUT2D eigenvalue weighted by molar-refractivity contribution is 6.31. The molecule has 2 N–H and O–H groups in total. The molecule has 0 atom stereocenters. The van der Waals surface area contributed by atoms with Crippen molar-refractivity contribution >= 4 is 23.2 Å². The molecule has 0 bridgehead atoms. The Morgan fingerprint density at radius 3 is 2.53 bits per heavy atom. The largest absolute Gasteiger partial charge is 0.506 e. The number of rotatable bonds is 3. The summed E-state index contributed by atoms with van der Waals surface area (Å²) in [6, 6.07) is 11.8. The van der Waals surface area contributed by atoms with Crippen LogP contribution in [0.1, 0.15) is 22.8 Å². The molecular weight excluding hydrogens is 262 g/mol. The number of benzene rings is 2. The zero-order chi connectivity index (χ0) is 13.8. The van der Waals surface area contributed by atoms with Crippen LogP contribution in [0.5, 0.6) is 5.75 Å². The third-order valence-electron chi connectivity index (χ3n) is 2.83. The lowest BCUT2D eigenvalue weighted by molar-refractivity contribution is 0.102. The molecule has 0 saturated heterocycles. The number of aromatic hydroxyl groups is 1. The van der Waals surface area contributed by atoms with Crippen molar-refractivity contribution in [1.82, 2.24) is 0 Å². The van der Waals surface area contributed by atoms with Gasteiger partial charge in [-0.3, -0.25) is 4.79 Å². The molecule has 0 saturated carbocycles. The van der Waals surface area contributed by atoms with Crippen molar-refractivity contribution in [3.8, 4) is 5.75 Å². The van der Waals surface area contributed by atoms with E-state index in [1.807, 2.05) is 12.1 Å². The Labute approximate surface area is 116 Å². The number of hydrogen-bond acceptors (Lipinski definition) is 2. The van der Waals surface area contributed by atoms with E-state index in [9.17, 15) is 9.90 Å². The van der Waals surface area contributed by atoms with Gasteiger partial charge in [-0.05, 0) is 42.3 Å². The van der Waals surface area contributed by atoms with E-state index in [0.717, 1.165) is 6.42 Å². The van der Waals surface area contributed by atoms with E-state index in [1.54, 1.807) is 18.2 Å². The first-order chi connectivity index (χ1) is 9.10. The maximum absolute atomic E-state index is 12.0. The second-order valence-electron chi connectivity index (χ2n) is 4.17. The van der Waals surface area contributed by atoms with Gasteiger partial charge in [0.05, 0.1) is 5.69 Å². The van der Waals surface area contributed by atoms with E-state index in [1.165, 1.54) is 17.7 Å². The number of halogens is 1. The zero-order valence-corrected chi connectivity index (χ0v) is 11.2. The average molecular weight is 276 g/mol. The number of phenolic OH excluding ortho intramolecular Hbond substituents is 1. The van der Waals surface area contributed by atoms with E-state index < -0.39 is 0 Å². The lowest BCUT2D eigenvalue weighted by atomic mass is 10.1.